The summed E-state index contributed by atoms with van der Waals surface area (Å²) < 4.78 is 7.22. The maximum Gasteiger partial charge on any atom is 0.410 e. The molecule has 1 atom stereocenters. The Morgan fingerprint density at radius 1 is 1.23 bits per heavy atom. The Hall–Kier alpha value is -3.00. The molecule has 0 bridgehead atoms. The van der Waals surface area contributed by atoms with Crippen molar-refractivity contribution in [2.45, 2.75) is 52.3 Å². The summed E-state index contributed by atoms with van der Waals surface area (Å²) in [6.07, 6.45) is 1.81. The summed E-state index contributed by atoms with van der Waals surface area (Å²) in [5.41, 5.74) is 1.64. The molecule has 4 rings (SSSR count). The highest BCUT2D eigenvalue weighted by molar-refractivity contribution is 7.09. The lowest BCUT2D eigenvalue weighted by atomic mass is 10.0. The average molecular weight is 439 g/mol. The van der Waals surface area contributed by atoms with Gasteiger partial charge in [0.25, 0.3) is 5.56 Å². The Labute approximate surface area is 185 Å². The number of amides is 1. The zero-order valence-corrected chi connectivity index (χ0v) is 19.0. The third kappa shape index (κ3) is 4.39. The molecule has 1 aliphatic rings. The van der Waals surface area contributed by atoms with Gasteiger partial charge in [-0.2, -0.15) is 0 Å². The van der Waals surface area contributed by atoms with Gasteiger partial charge in [-0.3, -0.25) is 9.36 Å². The molecule has 8 heteroatoms. The number of aryl methyl sites for hydroxylation is 1. The monoisotopic (exact) mass is 438 g/mol. The lowest BCUT2D eigenvalue weighted by Crippen LogP contribution is -2.43. The fourth-order valence-corrected chi connectivity index (χ4v) is 4.57. The van der Waals surface area contributed by atoms with Crippen LogP contribution in [0, 0.1) is 6.92 Å². The van der Waals surface area contributed by atoms with Gasteiger partial charge in [-0.05, 0) is 39.7 Å². The highest BCUT2D eigenvalue weighted by Crippen LogP contribution is 2.29. The lowest BCUT2D eigenvalue weighted by Gasteiger charge is -2.31. The highest BCUT2D eigenvalue weighted by atomic mass is 32.1. The first-order valence-electron chi connectivity index (χ1n) is 10.3. The number of thiazole rings is 1. The number of nitrogens with zero attached hydrogens (tertiary/aromatic N) is 4. The molecule has 1 aromatic carbocycles. The zero-order chi connectivity index (χ0) is 22.2. The molecule has 0 radical (unpaired) electrons. The van der Waals surface area contributed by atoms with Crippen molar-refractivity contribution in [1.29, 1.82) is 0 Å². The highest BCUT2D eigenvalue weighted by Gasteiger charge is 2.31. The largest absolute Gasteiger partial charge is 0.444 e. The molecule has 2 aromatic heterocycles. The van der Waals surface area contributed by atoms with Gasteiger partial charge in [0.15, 0.2) is 0 Å². The molecule has 1 amide bonds. The summed E-state index contributed by atoms with van der Waals surface area (Å²) >= 11 is 1.52. The van der Waals surface area contributed by atoms with Crippen LogP contribution >= 0.6 is 11.3 Å². The van der Waals surface area contributed by atoms with E-state index >= 15 is 0 Å². The van der Waals surface area contributed by atoms with E-state index in [4.69, 9.17) is 9.72 Å². The molecule has 1 unspecified atom stereocenters. The fourth-order valence-electron chi connectivity index (χ4n) is 3.81. The Bertz CT molecular complexity index is 1130. The van der Waals surface area contributed by atoms with Crippen molar-refractivity contribution in [1.82, 2.24) is 19.4 Å². The van der Waals surface area contributed by atoms with Gasteiger partial charge in [0.2, 0.25) is 0 Å². The van der Waals surface area contributed by atoms with Crippen LogP contribution in [0.5, 0.6) is 0 Å². The van der Waals surface area contributed by atoms with Crippen LogP contribution in [0.3, 0.4) is 0 Å². The SMILES string of the molecule is Cc1nc2c(c(=O)n1C(c1ccccc1)c1nccs1)CCN(C(=O)OC(C)(C)C)C2. The summed E-state index contributed by atoms with van der Waals surface area (Å²) in [5.74, 6) is 0.596. The van der Waals surface area contributed by atoms with Crippen LogP contribution in [0.15, 0.2) is 46.7 Å². The van der Waals surface area contributed by atoms with Gasteiger partial charge in [0.1, 0.15) is 22.5 Å². The molecule has 0 aliphatic carbocycles. The summed E-state index contributed by atoms with van der Waals surface area (Å²) in [6.45, 7) is 8.05. The standard InChI is InChI=1S/C23H26N4O3S/c1-15-25-18-14-26(22(29)30-23(2,3)4)12-10-17(18)21(28)27(15)19(20-24-11-13-31-20)16-8-6-5-7-9-16/h5-9,11,13,19H,10,12,14H2,1-4H3. The van der Waals surface area contributed by atoms with E-state index in [1.54, 1.807) is 15.7 Å². The van der Waals surface area contributed by atoms with E-state index in [1.165, 1.54) is 11.3 Å². The number of hydrogen-bond acceptors (Lipinski definition) is 6. The fraction of sp³-hybridized carbons (Fsp3) is 0.391. The van der Waals surface area contributed by atoms with Gasteiger partial charge >= 0.3 is 6.09 Å². The quantitative estimate of drug-likeness (QED) is 0.619. The van der Waals surface area contributed by atoms with Crippen molar-refractivity contribution >= 4 is 17.4 Å². The predicted molar refractivity (Wildman–Crippen MR) is 119 cm³/mol. The summed E-state index contributed by atoms with van der Waals surface area (Å²) in [7, 11) is 0. The average Bonchev–Trinajstić information content (AvgIpc) is 3.24. The first-order chi connectivity index (χ1) is 14.7. The van der Waals surface area contributed by atoms with Crippen LogP contribution in [0.4, 0.5) is 4.79 Å². The normalized spacial score (nSPS) is 14.8. The second kappa shape index (κ2) is 8.26. The third-order valence-corrected chi connectivity index (χ3v) is 5.98. The zero-order valence-electron chi connectivity index (χ0n) is 18.2. The molecule has 0 saturated heterocycles. The molecule has 162 valence electrons. The molecule has 3 heterocycles. The van der Waals surface area contributed by atoms with Crippen LogP contribution in [0.2, 0.25) is 0 Å². The maximum absolute atomic E-state index is 13.6. The first kappa shape index (κ1) is 21.2. The summed E-state index contributed by atoms with van der Waals surface area (Å²) in [4.78, 5) is 37.0. The molecule has 31 heavy (non-hydrogen) atoms. The van der Waals surface area contributed by atoms with Crippen LogP contribution < -0.4 is 5.56 Å². The number of benzene rings is 1. The van der Waals surface area contributed by atoms with Gasteiger partial charge in [0, 0.05) is 23.7 Å². The van der Waals surface area contributed by atoms with Crippen molar-refractivity contribution in [2.75, 3.05) is 6.54 Å². The van der Waals surface area contributed by atoms with Gasteiger partial charge in [-0.1, -0.05) is 30.3 Å². The van der Waals surface area contributed by atoms with Crippen molar-refractivity contribution in [3.05, 3.63) is 79.9 Å². The summed E-state index contributed by atoms with van der Waals surface area (Å²) in [6, 6.07) is 9.54. The Morgan fingerprint density at radius 2 is 1.97 bits per heavy atom. The molecule has 1 aliphatic heterocycles. The van der Waals surface area contributed by atoms with Gasteiger partial charge in [0.05, 0.1) is 12.2 Å². The van der Waals surface area contributed by atoms with Gasteiger partial charge < -0.3 is 9.64 Å². The van der Waals surface area contributed by atoms with Gasteiger partial charge in [-0.15, -0.1) is 11.3 Å². The maximum atomic E-state index is 13.6. The lowest BCUT2D eigenvalue weighted by molar-refractivity contribution is 0.0219. The van der Waals surface area contributed by atoms with Crippen LogP contribution in [-0.2, 0) is 17.7 Å². The third-order valence-electron chi connectivity index (χ3n) is 5.15. The van der Waals surface area contributed by atoms with E-state index in [0.717, 1.165) is 10.6 Å². The number of rotatable bonds is 3. The number of aromatic nitrogens is 3. The minimum atomic E-state index is -0.569. The Kier molecular flexibility index (Phi) is 5.66. The number of ether oxygens (including phenoxy) is 1. The van der Waals surface area contributed by atoms with Crippen molar-refractivity contribution < 1.29 is 9.53 Å². The molecular weight excluding hydrogens is 412 g/mol. The number of hydrogen-bond donors (Lipinski definition) is 0. The van der Waals surface area contributed by atoms with E-state index in [9.17, 15) is 9.59 Å². The van der Waals surface area contributed by atoms with Gasteiger partial charge in [-0.25, -0.2) is 14.8 Å². The first-order valence-corrected chi connectivity index (χ1v) is 11.2. The van der Waals surface area contributed by atoms with Crippen LogP contribution in [-0.4, -0.2) is 37.7 Å². The van der Waals surface area contributed by atoms with Crippen molar-refractivity contribution in [3.8, 4) is 0 Å². The minimum absolute atomic E-state index is 0.0737. The molecule has 3 aromatic rings. The van der Waals surface area contributed by atoms with Crippen LogP contribution in [0.1, 0.15) is 54.5 Å². The predicted octanol–water partition coefficient (Wildman–Crippen LogP) is 3.94. The number of carbonyl (C=O) groups is 1. The molecule has 0 saturated carbocycles. The molecule has 7 nitrogen and oxygen atoms in total. The Balaban J connectivity index is 1.74. The topological polar surface area (TPSA) is 77.3 Å². The molecule has 0 spiro atoms. The van der Waals surface area contributed by atoms with Crippen molar-refractivity contribution in [3.63, 3.8) is 0 Å². The Morgan fingerprint density at radius 3 is 2.61 bits per heavy atom. The number of carbonyl (C=O) groups excluding carboxylic acids is 1. The second-order valence-corrected chi connectivity index (χ2v) is 9.52. The molecule has 0 N–H and O–H groups in total. The minimum Gasteiger partial charge on any atom is -0.444 e. The smallest absolute Gasteiger partial charge is 0.410 e. The van der Waals surface area contributed by atoms with E-state index in [2.05, 4.69) is 4.98 Å². The summed E-state index contributed by atoms with van der Waals surface area (Å²) in [5, 5.41) is 2.75. The van der Waals surface area contributed by atoms with Crippen LogP contribution in [0.25, 0.3) is 0 Å². The molecular formula is C23H26N4O3S. The van der Waals surface area contributed by atoms with E-state index < -0.39 is 5.60 Å². The van der Waals surface area contributed by atoms with E-state index in [1.807, 2.05) is 63.4 Å². The van der Waals surface area contributed by atoms with E-state index in [0.29, 0.717) is 30.0 Å². The molecule has 0 fully saturated rings. The van der Waals surface area contributed by atoms with Crippen molar-refractivity contribution in [2.24, 2.45) is 0 Å². The number of fused-ring (bicyclic) bond motifs is 1. The second-order valence-electron chi connectivity index (χ2n) is 8.59. The van der Waals surface area contributed by atoms with E-state index in [-0.39, 0.29) is 24.2 Å².